The van der Waals surface area contributed by atoms with Crippen molar-refractivity contribution in [2.75, 3.05) is 6.61 Å². The Balaban J connectivity index is 2.23. The van der Waals surface area contributed by atoms with Crippen molar-refractivity contribution in [3.05, 3.63) is 20.8 Å². The molecule has 2 unspecified atom stereocenters. The summed E-state index contributed by atoms with van der Waals surface area (Å²) in [6, 6.07) is 1.96. The van der Waals surface area contributed by atoms with E-state index in [1.165, 1.54) is 0 Å². The summed E-state index contributed by atoms with van der Waals surface area (Å²) in [6.45, 7) is 2.74. The molecule has 2 nitrogen and oxygen atoms in total. The van der Waals surface area contributed by atoms with Crippen molar-refractivity contribution in [2.45, 2.75) is 31.5 Å². The first kappa shape index (κ1) is 10.6. The fraction of sp³-hybridized carbons (Fsp3) is 0.600. The minimum absolute atomic E-state index is 0.395. The highest BCUT2D eigenvalue weighted by atomic mass is 79.9. The molecule has 2 atom stereocenters. The van der Waals surface area contributed by atoms with Gasteiger partial charge in [0.25, 0.3) is 0 Å². The lowest BCUT2D eigenvalue weighted by atomic mass is 9.94. The topological polar surface area (TPSA) is 29.5 Å². The molecule has 1 saturated heterocycles. The van der Waals surface area contributed by atoms with E-state index in [0.29, 0.717) is 0 Å². The van der Waals surface area contributed by atoms with Gasteiger partial charge in [-0.1, -0.05) is 0 Å². The van der Waals surface area contributed by atoms with Gasteiger partial charge in [0, 0.05) is 11.1 Å². The number of halogens is 1. The molecule has 14 heavy (non-hydrogen) atoms. The van der Waals surface area contributed by atoms with Gasteiger partial charge in [0.2, 0.25) is 0 Å². The molecule has 2 heterocycles. The Hall–Kier alpha value is 0.1000. The summed E-state index contributed by atoms with van der Waals surface area (Å²) >= 11 is 5.00. The molecule has 1 fully saturated rings. The van der Waals surface area contributed by atoms with Crippen LogP contribution in [0.2, 0.25) is 0 Å². The Morgan fingerprint density at radius 2 is 2.50 bits per heavy atom. The van der Waals surface area contributed by atoms with E-state index in [1.54, 1.807) is 11.3 Å². The molecule has 1 aliphatic heterocycles. The van der Waals surface area contributed by atoms with Crippen molar-refractivity contribution in [2.24, 2.45) is 0 Å². The first-order valence-corrected chi connectivity index (χ1v) is 6.36. The van der Waals surface area contributed by atoms with Crippen molar-refractivity contribution >= 4 is 27.3 Å². The van der Waals surface area contributed by atoms with E-state index in [1.807, 2.05) is 18.4 Å². The monoisotopic (exact) mass is 276 g/mol. The molecular weight excluding hydrogens is 264 g/mol. The van der Waals surface area contributed by atoms with Gasteiger partial charge in [-0.25, -0.2) is 0 Å². The lowest BCUT2D eigenvalue weighted by Crippen LogP contribution is -2.31. The molecule has 0 spiro atoms. The van der Waals surface area contributed by atoms with Crippen molar-refractivity contribution in [3.8, 4) is 0 Å². The molecule has 4 heteroatoms. The molecule has 1 aliphatic rings. The van der Waals surface area contributed by atoms with Crippen LogP contribution in [-0.2, 0) is 4.74 Å². The first-order chi connectivity index (χ1) is 6.63. The molecule has 1 aromatic heterocycles. The maximum atomic E-state index is 10.2. The van der Waals surface area contributed by atoms with Crippen LogP contribution in [0.5, 0.6) is 0 Å². The Labute approximate surface area is 96.0 Å². The largest absolute Gasteiger partial charge is 0.385 e. The quantitative estimate of drug-likeness (QED) is 0.900. The smallest absolute Gasteiger partial charge is 0.118 e. The zero-order valence-corrected chi connectivity index (χ0v) is 10.4. The van der Waals surface area contributed by atoms with Gasteiger partial charge in [-0.15, -0.1) is 11.3 Å². The second-order valence-corrected chi connectivity index (χ2v) is 5.60. The molecule has 0 aromatic carbocycles. The Morgan fingerprint density at radius 1 is 1.71 bits per heavy atom. The molecule has 78 valence electrons. The third kappa shape index (κ3) is 1.76. The van der Waals surface area contributed by atoms with Crippen LogP contribution in [0.15, 0.2) is 15.9 Å². The first-order valence-electron chi connectivity index (χ1n) is 4.68. The number of thiophene rings is 1. The van der Waals surface area contributed by atoms with E-state index < -0.39 is 11.7 Å². The Morgan fingerprint density at radius 3 is 3.00 bits per heavy atom. The van der Waals surface area contributed by atoms with E-state index in [0.717, 1.165) is 28.8 Å². The summed E-state index contributed by atoms with van der Waals surface area (Å²) in [5.74, 6) is 0. The minimum atomic E-state index is -0.514. The van der Waals surface area contributed by atoms with Gasteiger partial charge in [-0.2, -0.15) is 0 Å². The molecule has 1 N–H and O–H groups in total. The van der Waals surface area contributed by atoms with Gasteiger partial charge >= 0.3 is 0 Å². The molecule has 1 aromatic rings. The minimum Gasteiger partial charge on any atom is -0.385 e. The van der Waals surface area contributed by atoms with Crippen LogP contribution in [0.4, 0.5) is 0 Å². The standard InChI is InChI=1S/C10H13BrO2S/c1-10(4-2-5-13-10)9(12)8-7(11)3-6-14-8/h3,6,9,12H,2,4-5H2,1H3. The third-order valence-electron chi connectivity index (χ3n) is 2.72. The van der Waals surface area contributed by atoms with E-state index >= 15 is 0 Å². The van der Waals surface area contributed by atoms with E-state index in [4.69, 9.17) is 4.74 Å². The normalized spacial score (nSPS) is 29.4. The predicted molar refractivity (Wildman–Crippen MR) is 60.6 cm³/mol. The fourth-order valence-corrected chi connectivity index (χ4v) is 3.51. The van der Waals surface area contributed by atoms with Gasteiger partial charge < -0.3 is 9.84 Å². The van der Waals surface area contributed by atoms with Gasteiger partial charge in [-0.05, 0) is 47.1 Å². The van der Waals surface area contributed by atoms with Crippen molar-refractivity contribution < 1.29 is 9.84 Å². The summed E-state index contributed by atoms with van der Waals surface area (Å²) < 4.78 is 6.60. The van der Waals surface area contributed by atoms with Crippen molar-refractivity contribution in [3.63, 3.8) is 0 Å². The molecule has 2 rings (SSSR count). The Bertz CT molecular complexity index is 318. The fourth-order valence-electron chi connectivity index (χ4n) is 1.79. The SMILES string of the molecule is CC1(C(O)c2sccc2Br)CCCO1. The van der Waals surface area contributed by atoms with Crippen LogP contribution in [-0.4, -0.2) is 17.3 Å². The molecule has 0 amide bonds. The molecule has 0 radical (unpaired) electrons. The van der Waals surface area contributed by atoms with Crippen LogP contribution in [0.3, 0.4) is 0 Å². The van der Waals surface area contributed by atoms with Gasteiger partial charge in [0.1, 0.15) is 6.10 Å². The van der Waals surface area contributed by atoms with Crippen molar-refractivity contribution in [1.29, 1.82) is 0 Å². The Kier molecular flexibility index (Phi) is 2.98. The lowest BCUT2D eigenvalue weighted by Gasteiger charge is -2.28. The summed E-state index contributed by atoms with van der Waals surface area (Å²) in [5, 5.41) is 12.2. The highest BCUT2D eigenvalue weighted by Crippen LogP contribution is 2.41. The zero-order chi connectivity index (χ0) is 10.2. The summed E-state index contributed by atoms with van der Waals surface area (Å²) in [4.78, 5) is 0.967. The van der Waals surface area contributed by atoms with Gasteiger partial charge in [-0.3, -0.25) is 0 Å². The molecule has 0 saturated carbocycles. The number of ether oxygens (including phenoxy) is 1. The maximum Gasteiger partial charge on any atom is 0.118 e. The van der Waals surface area contributed by atoms with Crippen LogP contribution in [0.25, 0.3) is 0 Å². The zero-order valence-electron chi connectivity index (χ0n) is 8.00. The second kappa shape index (κ2) is 3.93. The van der Waals surface area contributed by atoms with Gasteiger partial charge in [0.05, 0.1) is 10.5 Å². The van der Waals surface area contributed by atoms with E-state index in [-0.39, 0.29) is 0 Å². The number of aliphatic hydroxyl groups is 1. The highest BCUT2D eigenvalue weighted by molar-refractivity contribution is 9.10. The average Bonchev–Trinajstić information content (AvgIpc) is 2.74. The number of aliphatic hydroxyl groups excluding tert-OH is 1. The van der Waals surface area contributed by atoms with Crippen LogP contribution >= 0.6 is 27.3 Å². The molecular formula is C10H13BrO2S. The predicted octanol–water partition coefficient (Wildman–Crippen LogP) is 3.11. The van der Waals surface area contributed by atoms with E-state index in [9.17, 15) is 5.11 Å². The summed E-state index contributed by atoms with van der Waals surface area (Å²) in [5.41, 5.74) is -0.395. The van der Waals surface area contributed by atoms with Crippen molar-refractivity contribution in [1.82, 2.24) is 0 Å². The molecule has 0 aliphatic carbocycles. The maximum absolute atomic E-state index is 10.2. The number of hydrogen-bond donors (Lipinski definition) is 1. The molecule has 0 bridgehead atoms. The number of rotatable bonds is 2. The van der Waals surface area contributed by atoms with Crippen LogP contribution in [0.1, 0.15) is 30.7 Å². The second-order valence-electron chi connectivity index (χ2n) is 3.80. The summed E-state index contributed by atoms with van der Waals surface area (Å²) in [7, 11) is 0. The highest BCUT2D eigenvalue weighted by Gasteiger charge is 2.39. The van der Waals surface area contributed by atoms with Gasteiger partial charge in [0.15, 0.2) is 0 Å². The number of hydrogen-bond acceptors (Lipinski definition) is 3. The van der Waals surface area contributed by atoms with Crippen LogP contribution in [0, 0.1) is 0 Å². The summed E-state index contributed by atoms with van der Waals surface area (Å²) in [6.07, 6.45) is 1.45. The van der Waals surface area contributed by atoms with Crippen LogP contribution < -0.4 is 0 Å². The van der Waals surface area contributed by atoms with E-state index in [2.05, 4.69) is 15.9 Å². The average molecular weight is 277 g/mol. The third-order valence-corrected chi connectivity index (χ3v) is 4.64. The lowest BCUT2D eigenvalue weighted by molar-refractivity contribution is -0.0783.